The van der Waals surface area contributed by atoms with Gasteiger partial charge in [-0.05, 0) is 32.4 Å². The molecule has 5 nitrogen and oxygen atoms in total. The second kappa shape index (κ2) is 12.0. The van der Waals surface area contributed by atoms with E-state index in [-0.39, 0.29) is 18.3 Å². The van der Waals surface area contributed by atoms with Crippen molar-refractivity contribution in [1.29, 1.82) is 0 Å². The van der Waals surface area contributed by atoms with Crippen LogP contribution in [0.25, 0.3) is 0 Å². The molecule has 1 aromatic rings. The molecule has 0 saturated heterocycles. The van der Waals surface area contributed by atoms with Crippen LogP contribution in [-0.4, -0.2) is 38.7 Å². The van der Waals surface area contributed by atoms with Gasteiger partial charge in [0.1, 0.15) is 5.75 Å². The van der Waals surface area contributed by atoms with Crippen LogP contribution in [0, 0.1) is 0 Å². The van der Waals surface area contributed by atoms with E-state index in [0.717, 1.165) is 32.5 Å². The molecule has 0 aliphatic carbocycles. The van der Waals surface area contributed by atoms with E-state index in [1.807, 2.05) is 0 Å². The lowest BCUT2D eigenvalue weighted by molar-refractivity contribution is -0.895. The Morgan fingerprint density at radius 1 is 1.26 bits per heavy atom. The van der Waals surface area contributed by atoms with Gasteiger partial charge in [-0.3, -0.25) is 4.79 Å². The monoisotopic (exact) mass is 343 g/mol. The first-order chi connectivity index (χ1) is 10.6. The van der Waals surface area contributed by atoms with E-state index in [1.165, 1.54) is 4.90 Å². The van der Waals surface area contributed by atoms with Crippen LogP contribution in [0.5, 0.6) is 5.75 Å². The molecule has 4 N–H and O–H groups in total. The third-order valence-corrected chi connectivity index (χ3v) is 3.77. The Kier molecular flexibility index (Phi) is 11.3. The number of likely N-dealkylation sites (N-methyl/N-ethyl adjacent to an activating group) is 1. The Bertz CT molecular complexity index is 465. The second-order valence-electron chi connectivity index (χ2n) is 5.42. The molecule has 23 heavy (non-hydrogen) atoms. The van der Waals surface area contributed by atoms with Gasteiger partial charge in [-0.15, -0.1) is 0 Å². The largest absolute Gasteiger partial charge is 1.00 e. The molecular formula is C17H30ClN3O2. The van der Waals surface area contributed by atoms with E-state index in [9.17, 15) is 4.79 Å². The van der Waals surface area contributed by atoms with Gasteiger partial charge in [0.05, 0.1) is 38.3 Å². The van der Waals surface area contributed by atoms with Gasteiger partial charge in [-0.25, -0.2) is 0 Å². The Morgan fingerprint density at radius 2 is 1.96 bits per heavy atom. The average molecular weight is 344 g/mol. The van der Waals surface area contributed by atoms with E-state index in [0.29, 0.717) is 30.2 Å². The summed E-state index contributed by atoms with van der Waals surface area (Å²) in [5.74, 6) is 0.471. The highest BCUT2D eigenvalue weighted by Gasteiger charge is 2.13. The number of nitrogens with one attached hydrogen (secondary N) is 2. The van der Waals surface area contributed by atoms with Crippen molar-refractivity contribution in [2.24, 2.45) is 0 Å². The normalized spacial score (nSPS) is 10.3. The number of nitrogen functional groups attached to an aromatic ring is 1. The van der Waals surface area contributed by atoms with Gasteiger partial charge in [0.15, 0.2) is 0 Å². The number of rotatable bonds is 10. The van der Waals surface area contributed by atoms with Gasteiger partial charge in [-0.2, -0.15) is 0 Å². The van der Waals surface area contributed by atoms with Crippen LogP contribution < -0.4 is 33.1 Å². The smallest absolute Gasteiger partial charge is 0.255 e. The number of carbonyl (C=O) groups excluding carboxylic acids is 1. The fourth-order valence-corrected chi connectivity index (χ4v) is 2.22. The number of amides is 1. The van der Waals surface area contributed by atoms with E-state index >= 15 is 0 Å². The van der Waals surface area contributed by atoms with E-state index in [2.05, 4.69) is 26.1 Å². The second-order valence-corrected chi connectivity index (χ2v) is 5.42. The zero-order chi connectivity index (χ0) is 16.4. The van der Waals surface area contributed by atoms with Crippen molar-refractivity contribution in [3.8, 4) is 5.75 Å². The highest BCUT2D eigenvalue weighted by atomic mass is 35.5. The number of ether oxygens (including phenoxy) is 1. The fraction of sp³-hybridized carbons (Fsp3) is 0.588. The standard InChI is InChI=1S/C17H29N3O2.ClH/c1-4-7-12-22-16-13-14(18)8-9-15(16)17(21)19-10-11-20(5-2)6-3;/h8-9,13H,4-7,10-12,18H2,1-3H3,(H,19,21);1H. The maximum absolute atomic E-state index is 12.3. The third kappa shape index (κ3) is 7.57. The first-order valence-electron chi connectivity index (χ1n) is 8.26. The lowest BCUT2D eigenvalue weighted by Crippen LogP contribution is -3.12. The number of hydrogen-bond donors (Lipinski definition) is 3. The van der Waals surface area contributed by atoms with E-state index in [4.69, 9.17) is 10.5 Å². The number of nitrogens with two attached hydrogens (primary N) is 1. The van der Waals surface area contributed by atoms with Crippen molar-refractivity contribution in [3.63, 3.8) is 0 Å². The number of hydrogen-bond acceptors (Lipinski definition) is 3. The molecule has 0 unspecified atom stereocenters. The number of unbranched alkanes of at least 4 members (excludes halogenated alkanes) is 1. The molecule has 1 aromatic carbocycles. The topological polar surface area (TPSA) is 68.8 Å². The summed E-state index contributed by atoms with van der Waals surface area (Å²) < 4.78 is 5.70. The Balaban J connectivity index is 0.00000484. The highest BCUT2D eigenvalue weighted by Crippen LogP contribution is 2.22. The van der Waals surface area contributed by atoms with Crippen LogP contribution in [0.3, 0.4) is 0 Å². The average Bonchev–Trinajstić information content (AvgIpc) is 2.52. The summed E-state index contributed by atoms with van der Waals surface area (Å²) in [4.78, 5) is 13.8. The van der Waals surface area contributed by atoms with Crippen molar-refractivity contribution < 1.29 is 26.8 Å². The predicted octanol–water partition coefficient (Wildman–Crippen LogP) is -1.89. The quantitative estimate of drug-likeness (QED) is 0.343. The fourth-order valence-electron chi connectivity index (χ4n) is 2.22. The minimum absolute atomic E-state index is 0. The van der Waals surface area contributed by atoms with Crippen LogP contribution >= 0.6 is 0 Å². The van der Waals surface area contributed by atoms with Gasteiger partial charge >= 0.3 is 0 Å². The maximum atomic E-state index is 12.3. The molecule has 0 atom stereocenters. The summed E-state index contributed by atoms with van der Waals surface area (Å²) in [5, 5.41) is 2.97. The molecule has 6 heteroatoms. The zero-order valence-corrected chi connectivity index (χ0v) is 15.2. The van der Waals surface area contributed by atoms with Gasteiger partial charge in [0.25, 0.3) is 5.91 Å². The van der Waals surface area contributed by atoms with Crippen LogP contribution in [0.2, 0.25) is 0 Å². The molecule has 1 rings (SSSR count). The van der Waals surface area contributed by atoms with Gasteiger partial charge in [-0.1, -0.05) is 13.3 Å². The molecule has 132 valence electrons. The lowest BCUT2D eigenvalue weighted by Gasteiger charge is -2.16. The molecule has 0 spiro atoms. The third-order valence-electron chi connectivity index (χ3n) is 3.77. The minimum atomic E-state index is -0.0990. The molecule has 1 amide bonds. The van der Waals surface area contributed by atoms with Gasteiger partial charge in [0.2, 0.25) is 0 Å². The summed E-state index contributed by atoms with van der Waals surface area (Å²) in [5.41, 5.74) is 6.96. The van der Waals surface area contributed by atoms with Gasteiger partial charge < -0.3 is 33.1 Å². The van der Waals surface area contributed by atoms with E-state index < -0.39 is 0 Å². The maximum Gasteiger partial charge on any atom is 0.255 e. The molecule has 0 aromatic heterocycles. The molecule has 0 aliphatic rings. The number of carbonyl (C=O) groups is 1. The van der Waals surface area contributed by atoms with Crippen LogP contribution in [-0.2, 0) is 0 Å². The highest BCUT2D eigenvalue weighted by molar-refractivity contribution is 5.97. The number of anilines is 1. The first-order valence-corrected chi connectivity index (χ1v) is 8.26. The number of benzene rings is 1. The molecule has 0 fully saturated rings. The Hall–Kier alpha value is -1.46. The Morgan fingerprint density at radius 3 is 2.57 bits per heavy atom. The van der Waals surface area contributed by atoms with Crippen molar-refractivity contribution in [2.75, 3.05) is 38.5 Å². The Labute approximate surface area is 146 Å². The zero-order valence-electron chi connectivity index (χ0n) is 14.5. The van der Waals surface area contributed by atoms with Crippen LogP contribution in [0.15, 0.2) is 18.2 Å². The van der Waals surface area contributed by atoms with E-state index in [1.54, 1.807) is 18.2 Å². The summed E-state index contributed by atoms with van der Waals surface area (Å²) >= 11 is 0. The summed E-state index contributed by atoms with van der Waals surface area (Å²) in [6.45, 7) is 10.7. The van der Waals surface area contributed by atoms with Crippen molar-refractivity contribution in [3.05, 3.63) is 23.8 Å². The minimum Gasteiger partial charge on any atom is -1.00 e. The molecule has 0 radical (unpaired) electrons. The molecule has 0 aliphatic heterocycles. The summed E-state index contributed by atoms with van der Waals surface area (Å²) in [7, 11) is 0. The molecule has 0 bridgehead atoms. The van der Waals surface area contributed by atoms with Gasteiger partial charge in [0, 0.05) is 11.8 Å². The van der Waals surface area contributed by atoms with Crippen LogP contribution in [0.1, 0.15) is 44.0 Å². The SMILES string of the molecule is CCCCOc1cc(N)ccc1C(=O)NCC[NH+](CC)CC.[Cl-]. The number of halogens is 1. The molecule has 0 heterocycles. The first kappa shape index (κ1) is 21.5. The number of quaternary nitrogens is 1. The van der Waals surface area contributed by atoms with Crippen molar-refractivity contribution in [1.82, 2.24) is 5.32 Å². The predicted molar refractivity (Wildman–Crippen MR) is 90.5 cm³/mol. The molecule has 0 saturated carbocycles. The van der Waals surface area contributed by atoms with Crippen molar-refractivity contribution >= 4 is 11.6 Å². The summed E-state index contributed by atoms with van der Waals surface area (Å²) in [6.07, 6.45) is 2.01. The van der Waals surface area contributed by atoms with Crippen LogP contribution in [0.4, 0.5) is 5.69 Å². The summed E-state index contributed by atoms with van der Waals surface area (Å²) in [6, 6.07) is 5.19. The van der Waals surface area contributed by atoms with Crippen molar-refractivity contribution in [2.45, 2.75) is 33.6 Å². The lowest BCUT2D eigenvalue weighted by atomic mass is 10.1. The molecular weight excluding hydrogens is 314 g/mol.